The van der Waals surface area contributed by atoms with Gasteiger partial charge in [0.1, 0.15) is 0 Å². The highest BCUT2D eigenvalue weighted by molar-refractivity contribution is 5.93. The highest BCUT2D eigenvalue weighted by atomic mass is 16.6. The molecule has 0 amide bonds. The molecular weight excluding hydrogens is 536 g/mol. The zero-order valence-electron chi connectivity index (χ0n) is 24.6. The van der Waals surface area contributed by atoms with E-state index in [0.717, 1.165) is 47.9 Å². The minimum absolute atomic E-state index is 0.308. The third-order valence-electron chi connectivity index (χ3n) is 6.51. The standard InChI is InChI=1S/C34H38O8/c1-5-7-21-39-31(35)23(3)41-33(37)29-17-13-27(14-18-29)25-9-11-26(12-10-25)28-15-19-30(20-16-28)34(38)42-24(4)32(36)40-22-8-6-2/h9-20,23-24H,5-8,21-22H2,1-4H3/t23-,24-/m0/s1. The molecule has 0 spiro atoms. The Bertz CT molecular complexity index is 1220. The van der Waals surface area contributed by atoms with Gasteiger partial charge in [-0.3, -0.25) is 0 Å². The van der Waals surface area contributed by atoms with Crippen LogP contribution in [0.15, 0.2) is 72.8 Å². The molecule has 0 bridgehead atoms. The third-order valence-corrected chi connectivity index (χ3v) is 6.51. The monoisotopic (exact) mass is 574 g/mol. The van der Waals surface area contributed by atoms with Crippen LogP contribution in [-0.2, 0) is 28.5 Å². The second kappa shape index (κ2) is 16.1. The number of rotatable bonds is 14. The van der Waals surface area contributed by atoms with Gasteiger partial charge >= 0.3 is 23.9 Å². The largest absolute Gasteiger partial charge is 0.463 e. The van der Waals surface area contributed by atoms with Crippen molar-refractivity contribution in [3.8, 4) is 22.3 Å². The number of ether oxygens (including phenoxy) is 4. The molecule has 0 saturated heterocycles. The fourth-order valence-electron chi connectivity index (χ4n) is 3.87. The van der Waals surface area contributed by atoms with Gasteiger partial charge in [0.2, 0.25) is 0 Å². The first-order valence-electron chi connectivity index (χ1n) is 14.3. The van der Waals surface area contributed by atoms with E-state index < -0.39 is 36.1 Å². The van der Waals surface area contributed by atoms with Crippen molar-refractivity contribution in [3.63, 3.8) is 0 Å². The van der Waals surface area contributed by atoms with Crippen LogP contribution in [0, 0.1) is 0 Å². The van der Waals surface area contributed by atoms with Crippen LogP contribution >= 0.6 is 0 Å². The first-order valence-corrected chi connectivity index (χ1v) is 14.3. The zero-order chi connectivity index (χ0) is 30.5. The molecule has 0 heterocycles. The average molecular weight is 575 g/mol. The second-order valence-corrected chi connectivity index (χ2v) is 9.87. The van der Waals surface area contributed by atoms with Crippen LogP contribution in [0.4, 0.5) is 0 Å². The van der Waals surface area contributed by atoms with E-state index in [0.29, 0.717) is 24.3 Å². The lowest BCUT2D eigenvalue weighted by molar-refractivity contribution is -0.153. The van der Waals surface area contributed by atoms with Crippen LogP contribution in [0.5, 0.6) is 0 Å². The van der Waals surface area contributed by atoms with E-state index in [1.165, 1.54) is 13.8 Å². The Hall–Kier alpha value is -4.46. The van der Waals surface area contributed by atoms with Crippen molar-refractivity contribution in [1.29, 1.82) is 0 Å². The minimum atomic E-state index is -0.982. The lowest BCUT2D eigenvalue weighted by Crippen LogP contribution is -2.26. The van der Waals surface area contributed by atoms with Crippen LogP contribution in [0.3, 0.4) is 0 Å². The molecule has 0 radical (unpaired) electrons. The van der Waals surface area contributed by atoms with Gasteiger partial charge in [0.05, 0.1) is 24.3 Å². The number of hydrogen-bond donors (Lipinski definition) is 0. The van der Waals surface area contributed by atoms with E-state index in [2.05, 4.69) is 0 Å². The SMILES string of the molecule is CCCCOC(=O)[C@H](C)OC(=O)c1ccc(-c2ccc(-c3ccc(C(=O)O[C@@H](C)C(=O)OCCCC)cc3)cc2)cc1. The Morgan fingerprint density at radius 3 is 1.10 bits per heavy atom. The predicted molar refractivity (Wildman–Crippen MR) is 159 cm³/mol. The number of carbonyl (C=O) groups excluding carboxylic acids is 4. The van der Waals surface area contributed by atoms with Crippen LogP contribution < -0.4 is 0 Å². The molecule has 0 aliphatic rings. The topological polar surface area (TPSA) is 105 Å². The van der Waals surface area contributed by atoms with E-state index in [-0.39, 0.29) is 0 Å². The summed E-state index contributed by atoms with van der Waals surface area (Å²) in [5.74, 6) is -2.30. The lowest BCUT2D eigenvalue weighted by Gasteiger charge is -2.13. The van der Waals surface area contributed by atoms with Crippen molar-refractivity contribution in [3.05, 3.63) is 83.9 Å². The summed E-state index contributed by atoms with van der Waals surface area (Å²) in [7, 11) is 0. The van der Waals surface area contributed by atoms with Gasteiger partial charge in [0.25, 0.3) is 0 Å². The first kappa shape index (κ1) is 32.1. The van der Waals surface area contributed by atoms with Gasteiger partial charge in [-0.1, -0.05) is 75.2 Å². The van der Waals surface area contributed by atoms with Gasteiger partial charge in [-0.05, 0) is 73.2 Å². The maximum absolute atomic E-state index is 12.5. The van der Waals surface area contributed by atoms with E-state index in [1.54, 1.807) is 24.3 Å². The fourth-order valence-corrected chi connectivity index (χ4v) is 3.87. The van der Waals surface area contributed by atoms with Crippen molar-refractivity contribution in [2.45, 2.75) is 65.6 Å². The Balaban J connectivity index is 1.56. The molecule has 0 aliphatic heterocycles. The van der Waals surface area contributed by atoms with Crippen molar-refractivity contribution in [2.24, 2.45) is 0 Å². The third kappa shape index (κ3) is 9.29. The Morgan fingerprint density at radius 1 is 0.524 bits per heavy atom. The van der Waals surface area contributed by atoms with E-state index in [1.807, 2.05) is 62.4 Å². The summed E-state index contributed by atoms with van der Waals surface area (Å²) in [6.45, 7) is 7.60. The number of carbonyl (C=O) groups is 4. The predicted octanol–water partition coefficient (Wildman–Crippen LogP) is 6.80. The Morgan fingerprint density at radius 2 is 0.810 bits per heavy atom. The number of benzene rings is 3. The van der Waals surface area contributed by atoms with Crippen LogP contribution in [0.2, 0.25) is 0 Å². The van der Waals surface area contributed by atoms with Gasteiger partial charge in [-0.25, -0.2) is 19.2 Å². The molecule has 0 aromatic heterocycles. The lowest BCUT2D eigenvalue weighted by atomic mass is 9.99. The molecular formula is C34H38O8. The van der Waals surface area contributed by atoms with Gasteiger partial charge in [-0.2, -0.15) is 0 Å². The normalized spacial score (nSPS) is 12.1. The highest BCUT2D eigenvalue weighted by Crippen LogP contribution is 2.26. The highest BCUT2D eigenvalue weighted by Gasteiger charge is 2.21. The molecule has 0 aliphatic carbocycles. The van der Waals surface area contributed by atoms with Crippen molar-refractivity contribution >= 4 is 23.9 Å². The first-order chi connectivity index (χ1) is 20.2. The van der Waals surface area contributed by atoms with Gasteiger partial charge in [0, 0.05) is 0 Å². The summed E-state index contributed by atoms with van der Waals surface area (Å²) in [4.78, 5) is 48.8. The van der Waals surface area contributed by atoms with Crippen molar-refractivity contribution < 1.29 is 38.1 Å². The fraction of sp³-hybridized carbons (Fsp3) is 0.353. The quantitative estimate of drug-likeness (QED) is 0.118. The Kier molecular flexibility index (Phi) is 12.3. The van der Waals surface area contributed by atoms with Gasteiger partial charge < -0.3 is 18.9 Å². The number of esters is 4. The smallest absolute Gasteiger partial charge is 0.347 e. The molecule has 0 N–H and O–H groups in total. The van der Waals surface area contributed by atoms with E-state index in [4.69, 9.17) is 18.9 Å². The van der Waals surface area contributed by atoms with E-state index in [9.17, 15) is 19.2 Å². The van der Waals surface area contributed by atoms with Crippen LogP contribution in [-0.4, -0.2) is 49.3 Å². The summed E-state index contributed by atoms with van der Waals surface area (Å²) in [6, 6.07) is 21.7. The van der Waals surface area contributed by atoms with E-state index >= 15 is 0 Å². The zero-order valence-corrected chi connectivity index (χ0v) is 24.6. The summed E-state index contributed by atoms with van der Waals surface area (Å²) in [6.07, 6.45) is 1.37. The Labute approximate surface area is 246 Å². The van der Waals surface area contributed by atoms with Crippen LogP contribution in [0.1, 0.15) is 74.1 Å². The maximum atomic E-state index is 12.5. The molecule has 222 valence electrons. The molecule has 0 fully saturated rings. The minimum Gasteiger partial charge on any atom is -0.463 e. The molecule has 0 saturated carbocycles. The van der Waals surface area contributed by atoms with Gasteiger partial charge in [-0.15, -0.1) is 0 Å². The van der Waals surface area contributed by atoms with Crippen molar-refractivity contribution in [2.75, 3.05) is 13.2 Å². The molecule has 8 heteroatoms. The molecule has 42 heavy (non-hydrogen) atoms. The maximum Gasteiger partial charge on any atom is 0.347 e. The summed E-state index contributed by atoms with van der Waals surface area (Å²) >= 11 is 0. The van der Waals surface area contributed by atoms with Crippen molar-refractivity contribution in [1.82, 2.24) is 0 Å². The number of unbranched alkanes of at least 4 members (excludes halogenated alkanes) is 2. The molecule has 0 unspecified atom stereocenters. The number of hydrogen-bond acceptors (Lipinski definition) is 8. The summed E-state index contributed by atoms with van der Waals surface area (Å²) in [5, 5.41) is 0. The summed E-state index contributed by atoms with van der Waals surface area (Å²) in [5.41, 5.74) is 4.39. The molecule has 3 rings (SSSR count). The van der Waals surface area contributed by atoms with Crippen LogP contribution in [0.25, 0.3) is 22.3 Å². The second-order valence-electron chi connectivity index (χ2n) is 9.87. The average Bonchev–Trinajstić information content (AvgIpc) is 3.01. The molecule has 3 aromatic carbocycles. The molecule has 3 aromatic rings. The molecule has 2 atom stereocenters. The molecule has 8 nitrogen and oxygen atoms in total. The van der Waals surface area contributed by atoms with Gasteiger partial charge in [0.15, 0.2) is 12.2 Å². The summed E-state index contributed by atoms with van der Waals surface area (Å²) < 4.78 is 20.7.